The molecule has 1 heterocycles. The van der Waals surface area contributed by atoms with E-state index in [2.05, 4.69) is 128 Å². The molecule has 0 radical (unpaired) electrons. The summed E-state index contributed by atoms with van der Waals surface area (Å²) in [4.78, 5) is 10.6. The first kappa shape index (κ1) is 33.3. The second-order valence-electron chi connectivity index (χ2n) is 14.4. The summed E-state index contributed by atoms with van der Waals surface area (Å²) in [5, 5.41) is 10.2. The van der Waals surface area contributed by atoms with Crippen LogP contribution in [0.15, 0.2) is 204 Å². The second kappa shape index (κ2) is 13.5. The molecule has 0 saturated heterocycles. The van der Waals surface area contributed by atoms with E-state index >= 15 is 0 Å². The number of hydrogen-bond acceptors (Lipinski definition) is 4. The summed E-state index contributed by atoms with van der Waals surface area (Å²) < 4.78 is 6.48. The Hall–Kier alpha value is -7.30. The number of phenolic OH excluding ortho intramolecular Hbond substituents is 1. The molecule has 0 fully saturated rings. The normalized spacial score (nSPS) is 13.5. The lowest BCUT2D eigenvalue weighted by Crippen LogP contribution is -2.28. The molecule has 4 nitrogen and oxygen atoms in total. The Morgan fingerprint density at radius 3 is 1.30 bits per heavy atom. The topological polar surface area (TPSA) is 54.2 Å². The van der Waals surface area contributed by atoms with Crippen LogP contribution in [0.5, 0.6) is 17.2 Å². The van der Waals surface area contributed by atoms with Crippen LogP contribution in [-0.4, -0.2) is 16.5 Å². The number of benzene rings is 8. The third kappa shape index (κ3) is 5.54. The van der Waals surface area contributed by atoms with Crippen molar-refractivity contribution in [1.29, 1.82) is 0 Å². The molecule has 0 saturated carbocycles. The van der Waals surface area contributed by atoms with Gasteiger partial charge in [0.05, 0.1) is 28.2 Å². The van der Waals surface area contributed by atoms with Crippen LogP contribution in [0.3, 0.4) is 0 Å². The van der Waals surface area contributed by atoms with Crippen molar-refractivity contribution in [2.45, 2.75) is 12.3 Å². The average Bonchev–Trinajstić information content (AvgIpc) is 3.54. The third-order valence-electron chi connectivity index (χ3n) is 11.0. The van der Waals surface area contributed by atoms with Gasteiger partial charge in [0.1, 0.15) is 17.2 Å². The lowest BCUT2D eigenvalue weighted by Gasteiger charge is -2.34. The fourth-order valence-corrected chi connectivity index (χ4v) is 8.38. The van der Waals surface area contributed by atoms with Gasteiger partial charge < -0.3 is 9.84 Å². The maximum Gasteiger partial charge on any atom is 0.127 e. The Labute approximate surface area is 326 Å². The van der Waals surface area contributed by atoms with Crippen molar-refractivity contribution in [2.24, 2.45) is 9.98 Å². The summed E-state index contributed by atoms with van der Waals surface area (Å²) in [6.45, 7) is 2.10. The Morgan fingerprint density at radius 1 is 0.411 bits per heavy atom. The monoisotopic (exact) mass is 720 g/mol. The van der Waals surface area contributed by atoms with E-state index in [-0.39, 0.29) is 5.75 Å². The van der Waals surface area contributed by atoms with Gasteiger partial charge in [0.2, 0.25) is 0 Å². The lowest BCUT2D eigenvalue weighted by molar-refractivity contribution is 0.475. The zero-order chi connectivity index (χ0) is 37.6. The van der Waals surface area contributed by atoms with Crippen molar-refractivity contribution in [2.75, 3.05) is 0 Å². The molecule has 1 aliphatic heterocycles. The maximum atomic E-state index is 10.2. The van der Waals surface area contributed by atoms with Crippen molar-refractivity contribution in [3.05, 3.63) is 244 Å². The van der Waals surface area contributed by atoms with Crippen LogP contribution < -0.4 is 4.74 Å². The van der Waals surface area contributed by atoms with Crippen molar-refractivity contribution in [3.63, 3.8) is 0 Å². The molecule has 4 heteroatoms. The average molecular weight is 721 g/mol. The summed E-state index contributed by atoms with van der Waals surface area (Å²) in [5.74, 6) is 1.71. The third-order valence-corrected chi connectivity index (χ3v) is 11.0. The van der Waals surface area contributed by atoms with Gasteiger partial charge in [0.25, 0.3) is 0 Å². The Morgan fingerprint density at radius 2 is 0.804 bits per heavy atom. The minimum atomic E-state index is -0.556. The van der Waals surface area contributed by atoms with E-state index < -0.39 is 5.41 Å². The zero-order valence-electron chi connectivity index (χ0n) is 30.7. The van der Waals surface area contributed by atoms with Crippen molar-refractivity contribution in [3.8, 4) is 28.4 Å². The molecule has 0 spiro atoms. The van der Waals surface area contributed by atoms with Crippen LogP contribution in [0.1, 0.15) is 50.1 Å². The van der Waals surface area contributed by atoms with Gasteiger partial charge in [-0.3, -0.25) is 0 Å². The minimum Gasteiger partial charge on any atom is -0.508 e. The largest absolute Gasteiger partial charge is 0.508 e. The Bertz CT molecular complexity index is 2770. The van der Waals surface area contributed by atoms with E-state index in [0.717, 1.165) is 67.7 Å². The van der Waals surface area contributed by atoms with Gasteiger partial charge in [-0.25, -0.2) is 9.98 Å². The summed E-state index contributed by atoms with van der Waals surface area (Å²) in [6.07, 6.45) is 0. The number of aliphatic imine (C=N–C) groups is 2. The number of phenols is 1. The molecule has 1 aliphatic carbocycles. The zero-order valence-corrected chi connectivity index (χ0v) is 30.7. The highest BCUT2D eigenvalue weighted by Crippen LogP contribution is 2.56. The number of fused-ring (bicyclic) bond motifs is 5. The molecule has 56 heavy (non-hydrogen) atoms. The van der Waals surface area contributed by atoms with E-state index in [0.29, 0.717) is 0 Å². The summed E-state index contributed by atoms with van der Waals surface area (Å²) in [5.41, 5.74) is 15.2. The molecule has 0 unspecified atom stereocenters. The van der Waals surface area contributed by atoms with Gasteiger partial charge in [0.15, 0.2) is 0 Å². The SMILES string of the molecule is Cc1ccc(C2=Nc3ccccc3C(c3ccc(Oc4ccc(C5(c6ccc(O)cc6)c6ccccc6-c6ccccc65)cc4)cc3)=Nc3ccccc32)cc1. The van der Waals surface area contributed by atoms with E-state index in [1.807, 2.05) is 60.7 Å². The van der Waals surface area contributed by atoms with E-state index in [9.17, 15) is 5.11 Å². The van der Waals surface area contributed by atoms with Crippen molar-refractivity contribution >= 4 is 22.8 Å². The molecule has 8 aromatic rings. The van der Waals surface area contributed by atoms with Gasteiger partial charge in [0, 0.05) is 22.3 Å². The Kier molecular flexibility index (Phi) is 8.04. The fourth-order valence-electron chi connectivity index (χ4n) is 8.38. The van der Waals surface area contributed by atoms with Crippen LogP contribution in [0.2, 0.25) is 0 Å². The molecule has 0 aromatic heterocycles. The van der Waals surface area contributed by atoms with E-state index in [4.69, 9.17) is 14.7 Å². The van der Waals surface area contributed by atoms with E-state index in [1.165, 1.54) is 27.8 Å². The van der Waals surface area contributed by atoms with Crippen molar-refractivity contribution in [1.82, 2.24) is 0 Å². The van der Waals surface area contributed by atoms with Crippen LogP contribution in [0.25, 0.3) is 11.1 Å². The molecular weight excluding hydrogens is 685 g/mol. The molecule has 266 valence electrons. The molecule has 0 atom stereocenters. The lowest BCUT2D eigenvalue weighted by atomic mass is 9.68. The smallest absolute Gasteiger partial charge is 0.127 e. The number of para-hydroxylation sites is 2. The Balaban J connectivity index is 0.991. The molecular formula is C52H36N2O2. The fraction of sp³-hybridized carbons (Fsp3) is 0.0385. The molecule has 0 bridgehead atoms. The van der Waals surface area contributed by atoms with Crippen LogP contribution >= 0.6 is 0 Å². The molecule has 10 rings (SSSR count). The summed E-state index contributed by atoms with van der Waals surface area (Å²) in [7, 11) is 0. The highest BCUT2D eigenvalue weighted by Gasteiger charge is 2.45. The first-order valence-electron chi connectivity index (χ1n) is 18.9. The van der Waals surface area contributed by atoms with Gasteiger partial charge in [-0.1, -0.05) is 139 Å². The molecule has 0 amide bonds. The van der Waals surface area contributed by atoms with Crippen LogP contribution in [-0.2, 0) is 5.41 Å². The first-order valence-corrected chi connectivity index (χ1v) is 18.9. The standard InChI is InChI=1S/C52H36N2O2/c1-34-18-20-35(21-19-34)50-44-12-4-8-16-48(44)54-51(45-13-5-9-17-49(45)53-50)36-22-30-40(31-23-36)56-41-32-26-38(27-33-41)52(37-24-28-39(55)29-25-37)46-14-6-2-10-42(46)43-11-3-7-15-47(43)52/h2-33,55H,1H3. The van der Waals surface area contributed by atoms with Gasteiger partial charge in [-0.2, -0.15) is 0 Å². The van der Waals surface area contributed by atoms with Gasteiger partial charge in [-0.05, 0) is 101 Å². The number of rotatable bonds is 6. The first-order chi connectivity index (χ1) is 27.6. The molecule has 2 aliphatic rings. The van der Waals surface area contributed by atoms with Gasteiger partial charge >= 0.3 is 0 Å². The van der Waals surface area contributed by atoms with E-state index in [1.54, 1.807) is 12.1 Å². The maximum absolute atomic E-state index is 10.2. The number of nitrogens with zero attached hydrogens (tertiary/aromatic N) is 2. The highest BCUT2D eigenvalue weighted by molar-refractivity contribution is 6.22. The predicted molar refractivity (Wildman–Crippen MR) is 227 cm³/mol. The summed E-state index contributed by atoms with van der Waals surface area (Å²) >= 11 is 0. The van der Waals surface area contributed by atoms with Crippen LogP contribution in [0, 0.1) is 6.92 Å². The second-order valence-corrected chi connectivity index (χ2v) is 14.4. The predicted octanol–water partition coefficient (Wildman–Crippen LogP) is 12.5. The quantitative estimate of drug-likeness (QED) is 0.186. The van der Waals surface area contributed by atoms with Crippen LogP contribution in [0.4, 0.5) is 11.4 Å². The number of hydrogen-bond donors (Lipinski definition) is 1. The minimum absolute atomic E-state index is 0.245. The number of ether oxygens (including phenoxy) is 1. The number of aromatic hydroxyl groups is 1. The molecule has 8 aromatic carbocycles. The number of aryl methyl sites for hydroxylation is 1. The highest BCUT2D eigenvalue weighted by atomic mass is 16.5. The van der Waals surface area contributed by atoms with Gasteiger partial charge in [-0.15, -0.1) is 0 Å². The van der Waals surface area contributed by atoms with Crippen molar-refractivity contribution < 1.29 is 9.84 Å². The molecule has 1 N–H and O–H groups in total. The summed E-state index contributed by atoms with van der Waals surface area (Å²) in [6, 6.07) is 66.4.